The van der Waals surface area contributed by atoms with Crippen molar-refractivity contribution >= 4 is 5.69 Å². The molecule has 0 bridgehead atoms. The van der Waals surface area contributed by atoms with Gasteiger partial charge >= 0.3 is 0 Å². The summed E-state index contributed by atoms with van der Waals surface area (Å²) in [5.41, 5.74) is 0.215. The number of aliphatic hydroxyl groups excluding tert-OH is 2. The van der Waals surface area contributed by atoms with Gasteiger partial charge in [-0.15, -0.1) is 0 Å². The van der Waals surface area contributed by atoms with E-state index in [0.717, 1.165) is 6.07 Å². The molecule has 18 heavy (non-hydrogen) atoms. The number of hydrogen-bond donors (Lipinski definition) is 2. The standard InChI is InChI=1S/C12H15FNO4/c1-14(17)9-3-2-7(13)4-12(9)18-8-5-10(15)11(16)6-8/h2-4,8,10-11,15-16H,5-6H2,1H3/q-1/t8?,10-,11+. The Balaban J connectivity index is 2.15. The summed E-state index contributed by atoms with van der Waals surface area (Å²) in [5.74, 6) is -0.381. The Kier molecular flexibility index (Phi) is 3.70. The number of hydrogen-bond acceptors (Lipinski definition) is 5. The summed E-state index contributed by atoms with van der Waals surface area (Å²) in [6.07, 6.45) is -1.57. The van der Waals surface area contributed by atoms with Crippen LogP contribution in [-0.4, -0.2) is 35.6 Å². The molecule has 1 unspecified atom stereocenters. The second-order valence-electron chi connectivity index (χ2n) is 4.46. The Morgan fingerprint density at radius 3 is 2.50 bits per heavy atom. The van der Waals surface area contributed by atoms with Gasteiger partial charge in [-0.1, -0.05) is 0 Å². The van der Waals surface area contributed by atoms with Crippen LogP contribution < -0.4 is 9.80 Å². The van der Waals surface area contributed by atoms with Crippen LogP contribution in [0, 0.1) is 11.0 Å². The molecule has 6 heteroatoms. The number of anilines is 1. The van der Waals surface area contributed by atoms with Gasteiger partial charge in [-0.3, -0.25) is 0 Å². The van der Waals surface area contributed by atoms with Crippen molar-refractivity contribution < 1.29 is 19.3 Å². The first kappa shape index (κ1) is 13.1. The zero-order valence-corrected chi connectivity index (χ0v) is 9.91. The average molecular weight is 256 g/mol. The maximum atomic E-state index is 13.1. The Morgan fingerprint density at radius 1 is 1.33 bits per heavy atom. The summed E-state index contributed by atoms with van der Waals surface area (Å²) in [5, 5.41) is 30.7. The van der Waals surface area contributed by atoms with Gasteiger partial charge in [0.1, 0.15) is 17.7 Å². The van der Waals surface area contributed by atoms with E-state index in [4.69, 9.17) is 4.74 Å². The van der Waals surface area contributed by atoms with Crippen LogP contribution in [0.4, 0.5) is 10.1 Å². The van der Waals surface area contributed by atoms with Crippen LogP contribution in [0.1, 0.15) is 12.8 Å². The van der Waals surface area contributed by atoms with Crippen LogP contribution in [0.3, 0.4) is 0 Å². The van der Waals surface area contributed by atoms with Gasteiger partial charge < -0.3 is 25.2 Å². The molecule has 1 aromatic rings. The molecule has 1 aromatic carbocycles. The van der Waals surface area contributed by atoms with Crippen LogP contribution in [-0.2, 0) is 0 Å². The van der Waals surface area contributed by atoms with E-state index in [-0.39, 0.29) is 24.3 Å². The quantitative estimate of drug-likeness (QED) is 0.790. The Hall–Kier alpha value is -1.37. The average Bonchev–Trinajstić information content (AvgIpc) is 2.57. The summed E-state index contributed by atoms with van der Waals surface area (Å²) in [6.45, 7) is 0. The molecular weight excluding hydrogens is 241 g/mol. The highest BCUT2D eigenvalue weighted by Crippen LogP contribution is 2.32. The highest BCUT2D eigenvalue weighted by atomic mass is 19.1. The normalized spacial score (nSPS) is 27.3. The first-order chi connectivity index (χ1) is 8.47. The molecule has 0 amide bonds. The van der Waals surface area contributed by atoms with Crippen molar-refractivity contribution in [1.29, 1.82) is 0 Å². The SMILES string of the molecule is CN([O-])c1ccc(F)cc1OC1C[C@@H](O)[C@@H](O)C1. The predicted octanol–water partition coefficient (Wildman–Crippen LogP) is 1.02. The topological polar surface area (TPSA) is 76.0 Å². The smallest absolute Gasteiger partial charge is 0.145 e. The molecule has 0 heterocycles. The minimum atomic E-state index is -0.836. The van der Waals surface area contributed by atoms with E-state index in [2.05, 4.69) is 0 Å². The van der Waals surface area contributed by atoms with Gasteiger partial charge in [0.05, 0.1) is 17.9 Å². The van der Waals surface area contributed by atoms with Crippen LogP contribution in [0.15, 0.2) is 18.2 Å². The lowest BCUT2D eigenvalue weighted by atomic mass is 10.2. The summed E-state index contributed by atoms with van der Waals surface area (Å²) < 4.78 is 18.6. The molecule has 1 aliphatic carbocycles. The second-order valence-corrected chi connectivity index (χ2v) is 4.46. The van der Waals surface area contributed by atoms with Gasteiger partial charge in [0.2, 0.25) is 0 Å². The van der Waals surface area contributed by atoms with Crippen molar-refractivity contribution in [3.63, 3.8) is 0 Å². The summed E-state index contributed by atoms with van der Waals surface area (Å²) in [6, 6.07) is 3.63. The maximum Gasteiger partial charge on any atom is 0.145 e. The summed E-state index contributed by atoms with van der Waals surface area (Å²) in [4.78, 5) is 0. The Morgan fingerprint density at radius 2 is 1.94 bits per heavy atom. The van der Waals surface area contributed by atoms with Gasteiger partial charge in [0, 0.05) is 18.9 Å². The third-order valence-electron chi connectivity index (χ3n) is 3.01. The second kappa shape index (κ2) is 5.09. The van der Waals surface area contributed by atoms with Crippen molar-refractivity contribution in [2.75, 3.05) is 12.1 Å². The first-order valence-electron chi connectivity index (χ1n) is 5.70. The molecule has 1 saturated carbocycles. The largest absolute Gasteiger partial charge is 0.758 e. The van der Waals surface area contributed by atoms with E-state index >= 15 is 0 Å². The van der Waals surface area contributed by atoms with E-state index in [1.807, 2.05) is 0 Å². The number of halogens is 1. The summed E-state index contributed by atoms with van der Waals surface area (Å²) in [7, 11) is 1.29. The molecular formula is C12H15FNO4-. The highest BCUT2D eigenvalue weighted by molar-refractivity contribution is 5.58. The summed E-state index contributed by atoms with van der Waals surface area (Å²) >= 11 is 0. The van der Waals surface area contributed by atoms with Crippen LogP contribution in [0.2, 0.25) is 0 Å². The first-order valence-corrected chi connectivity index (χ1v) is 5.70. The van der Waals surface area contributed by atoms with E-state index in [1.165, 1.54) is 19.2 Å². The minimum Gasteiger partial charge on any atom is -0.758 e. The lowest BCUT2D eigenvalue weighted by molar-refractivity contribution is 0.0438. The Bertz CT molecular complexity index is 417. The fourth-order valence-corrected chi connectivity index (χ4v) is 2.07. The molecule has 0 saturated heterocycles. The minimum absolute atomic E-state index is 0.124. The molecule has 0 aromatic heterocycles. The molecule has 0 aliphatic heterocycles. The van der Waals surface area contributed by atoms with Gasteiger partial charge in [-0.2, -0.15) is 0 Å². The molecule has 2 rings (SSSR count). The monoisotopic (exact) mass is 256 g/mol. The molecule has 5 nitrogen and oxygen atoms in total. The molecule has 100 valence electrons. The van der Waals surface area contributed by atoms with Gasteiger partial charge in [0.25, 0.3) is 0 Å². The lowest BCUT2D eigenvalue weighted by Gasteiger charge is -2.28. The van der Waals surface area contributed by atoms with Crippen LogP contribution in [0.5, 0.6) is 5.75 Å². The fourth-order valence-electron chi connectivity index (χ4n) is 2.07. The predicted molar refractivity (Wildman–Crippen MR) is 63.8 cm³/mol. The highest BCUT2D eigenvalue weighted by Gasteiger charge is 2.33. The Labute approximate surface area is 104 Å². The fraction of sp³-hybridized carbons (Fsp3) is 0.500. The van der Waals surface area contributed by atoms with Crippen LogP contribution >= 0.6 is 0 Å². The molecule has 2 N–H and O–H groups in total. The van der Waals surface area contributed by atoms with Crippen molar-refractivity contribution in [3.05, 3.63) is 29.2 Å². The van der Waals surface area contributed by atoms with Gasteiger partial charge in [-0.05, 0) is 19.2 Å². The zero-order valence-electron chi connectivity index (χ0n) is 9.91. The third-order valence-corrected chi connectivity index (χ3v) is 3.01. The van der Waals surface area contributed by atoms with E-state index in [0.29, 0.717) is 5.06 Å². The van der Waals surface area contributed by atoms with Crippen molar-refractivity contribution in [2.24, 2.45) is 0 Å². The molecule has 3 atom stereocenters. The van der Waals surface area contributed by atoms with Gasteiger partial charge in [0.15, 0.2) is 0 Å². The third kappa shape index (κ3) is 2.72. The van der Waals surface area contributed by atoms with Crippen molar-refractivity contribution in [3.8, 4) is 5.75 Å². The number of aliphatic hydroxyl groups is 2. The number of hydroxylamine groups is 1. The van der Waals surface area contributed by atoms with Crippen LogP contribution in [0.25, 0.3) is 0 Å². The van der Waals surface area contributed by atoms with Gasteiger partial charge in [-0.25, -0.2) is 4.39 Å². The molecule has 1 aliphatic rings. The number of nitrogens with zero attached hydrogens (tertiary/aromatic N) is 1. The number of rotatable bonds is 3. The van der Waals surface area contributed by atoms with E-state index < -0.39 is 24.1 Å². The van der Waals surface area contributed by atoms with Crippen molar-refractivity contribution in [1.82, 2.24) is 0 Å². The maximum absolute atomic E-state index is 13.1. The van der Waals surface area contributed by atoms with E-state index in [1.54, 1.807) is 0 Å². The molecule has 1 fully saturated rings. The van der Waals surface area contributed by atoms with Crippen molar-refractivity contribution in [2.45, 2.75) is 31.2 Å². The lowest BCUT2D eigenvalue weighted by Crippen LogP contribution is -2.17. The number of ether oxygens (including phenoxy) is 1. The zero-order chi connectivity index (χ0) is 13.3. The van der Waals surface area contributed by atoms with E-state index in [9.17, 15) is 19.8 Å². The molecule has 0 spiro atoms. The number of benzene rings is 1. The molecule has 0 radical (unpaired) electrons.